The molecule has 1 aromatic rings. The first kappa shape index (κ1) is 12.0. The summed E-state index contributed by atoms with van der Waals surface area (Å²) in [5.74, 6) is 7.36. The fourth-order valence-electron chi connectivity index (χ4n) is 1.30. The van der Waals surface area contributed by atoms with Gasteiger partial charge in [-0.15, -0.1) is 12.3 Å². The number of hydrogen-bond acceptors (Lipinski definition) is 2. The highest BCUT2D eigenvalue weighted by Gasteiger charge is 2.11. The molecule has 15 heavy (non-hydrogen) atoms. The predicted octanol–water partition coefficient (Wildman–Crippen LogP) is 1.88. The topological polar surface area (TPSA) is 38.0 Å². The molecule has 0 amide bonds. The van der Waals surface area contributed by atoms with Gasteiger partial charge in [0, 0.05) is 12.5 Å². The first-order valence-corrected chi connectivity index (χ1v) is 4.89. The van der Waals surface area contributed by atoms with Crippen LogP contribution in [-0.2, 0) is 6.42 Å². The van der Waals surface area contributed by atoms with Gasteiger partial charge in [0.05, 0.1) is 5.02 Å². The molecule has 0 heterocycles. The largest absolute Gasteiger partial charge is 0.271 e. The van der Waals surface area contributed by atoms with Gasteiger partial charge < -0.3 is 0 Å². The summed E-state index contributed by atoms with van der Waals surface area (Å²) in [5, 5.41) is 0.115. The second-order valence-electron chi connectivity index (χ2n) is 3.19. The van der Waals surface area contributed by atoms with Crippen LogP contribution in [0, 0.1) is 18.2 Å². The standard InChI is InChI=1S/C11H12ClFN2/c1-2-4-9(15-14)7-8-5-3-6-10(12)11(8)13/h1,3,5-6,9,15H,4,7,14H2. The minimum absolute atomic E-state index is 0.115. The van der Waals surface area contributed by atoms with Crippen LogP contribution in [0.15, 0.2) is 18.2 Å². The van der Waals surface area contributed by atoms with Crippen LogP contribution in [0.5, 0.6) is 0 Å². The molecule has 0 aliphatic rings. The van der Waals surface area contributed by atoms with E-state index in [4.69, 9.17) is 23.9 Å². The Morgan fingerprint density at radius 1 is 1.60 bits per heavy atom. The molecule has 0 saturated carbocycles. The van der Waals surface area contributed by atoms with Crippen molar-refractivity contribution in [1.29, 1.82) is 0 Å². The van der Waals surface area contributed by atoms with E-state index in [0.717, 1.165) is 0 Å². The van der Waals surface area contributed by atoms with Gasteiger partial charge in [-0.2, -0.15) is 0 Å². The van der Waals surface area contributed by atoms with Crippen LogP contribution >= 0.6 is 11.6 Å². The van der Waals surface area contributed by atoms with Crippen molar-refractivity contribution < 1.29 is 4.39 Å². The molecular formula is C11H12ClFN2. The lowest BCUT2D eigenvalue weighted by Crippen LogP contribution is -2.36. The third-order valence-corrected chi connectivity index (χ3v) is 2.39. The molecule has 2 nitrogen and oxygen atoms in total. The fraction of sp³-hybridized carbons (Fsp3) is 0.273. The minimum atomic E-state index is -0.406. The number of nitrogens with two attached hydrogens (primary N) is 1. The van der Waals surface area contributed by atoms with Crippen LogP contribution in [0.2, 0.25) is 5.02 Å². The molecule has 1 unspecified atom stereocenters. The molecule has 0 saturated heterocycles. The van der Waals surface area contributed by atoms with Gasteiger partial charge in [0.25, 0.3) is 0 Å². The second kappa shape index (κ2) is 5.72. The highest BCUT2D eigenvalue weighted by molar-refractivity contribution is 6.30. The summed E-state index contributed by atoms with van der Waals surface area (Å²) in [6, 6.07) is 4.74. The molecule has 0 aliphatic heterocycles. The van der Waals surface area contributed by atoms with Crippen molar-refractivity contribution in [1.82, 2.24) is 5.43 Å². The van der Waals surface area contributed by atoms with Gasteiger partial charge in [0.1, 0.15) is 5.82 Å². The van der Waals surface area contributed by atoms with Crippen molar-refractivity contribution in [3.63, 3.8) is 0 Å². The van der Waals surface area contributed by atoms with E-state index < -0.39 is 5.82 Å². The van der Waals surface area contributed by atoms with Crippen molar-refractivity contribution in [2.24, 2.45) is 5.84 Å². The molecule has 1 atom stereocenters. The number of halogens is 2. The van der Waals surface area contributed by atoms with Crippen LogP contribution in [0.1, 0.15) is 12.0 Å². The molecule has 0 bridgehead atoms. The molecule has 0 radical (unpaired) electrons. The van der Waals surface area contributed by atoms with Crippen molar-refractivity contribution in [2.75, 3.05) is 0 Å². The number of hydrazine groups is 1. The summed E-state index contributed by atoms with van der Waals surface area (Å²) in [5.41, 5.74) is 3.06. The van der Waals surface area contributed by atoms with E-state index >= 15 is 0 Å². The van der Waals surface area contributed by atoms with Gasteiger partial charge in [0.15, 0.2) is 0 Å². The monoisotopic (exact) mass is 226 g/mol. The third kappa shape index (κ3) is 3.21. The summed E-state index contributed by atoms with van der Waals surface area (Å²) >= 11 is 5.65. The SMILES string of the molecule is C#CCC(Cc1cccc(Cl)c1F)NN. The Morgan fingerprint density at radius 3 is 2.93 bits per heavy atom. The Kier molecular flexibility index (Phi) is 4.57. The maximum atomic E-state index is 13.5. The summed E-state index contributed by atoms with van der Waals surface area (Å²) in [6.45, 7) is 0. The lowest BCUT2D eigenvalue weighted by atomic mass is 10.0. The molecule has 1 aromatic carbocycles. The van der Waals surface area contributed by atoms with Crippen LogP contribution in [0.3, 0.4) is 0 Å². The third-order valence-electron chi connectivity index (χ3n) is 2.10. The smallest absolute Gasteiger partial charge is 0.145 e. The zero-order chi connectivity index (χ0) is 11.3. The van der Waals surface area contributed by atoms with Gasteiger partial charge in [-0.1, -0.05) is 23.7 Å². The summed E-state index contributed by atoms with van der Waals surface area (Å²) in [6.07, 6.45) is 6.03. The molecule has 1 rings (SSSR count). The Bertz CT molecular complexity index is 373. The molecule has 0 aromatic heterocycles. The van der Waals surface area contributed by atoms with Crippen LogP contribution in [0.4, 0.5) is 4.39 Å². The van der Waals surface area contributed by atoms with Crippen LogP contribution < -0.4 is 11.3 Å². The number of nitrogens with one attached hydrogen (secondary N) is 1. The number of terminal acetylenes is 1. The van der Waals surface area contributed by atoms with Crippen molar-refractivity contribution in [2.45, 2.75) is 18.9 Å². The van der Waals surface area contributed by atoms with Gasteiger partial charge in [-0.3, -0.25) is 11.3 Å². The highest BCUT2D eigenvalue weighted by Crippen LogP contribution is 2.19. The van der Waals surface area contributed by atoms with Crippen LogP contribution in [-0.4, -0.2) is 6.04 Å². The molecule has 4 heteroatoms. The van der Waals surface area contributed by atoms with Crippen molar-refractivity contribution in [3.05, 3.63) is 34.6 Å². The van der Waals surface area contributed by atoms with E-state index in [0.29, 0.717) is 18.4 Å². The Morgan fingerprint density at radius 2 is 2.33 bits per heavy atom. The summed E-state index contributed by atoms with van der Waals surface area (Å²) in [4.78, 5) is 0. The average Bonchev–Trinajstić information content (AvgIpc) is 2.24. The summed E-state index contributed by atoms with van der Waals surface area (Å²) < 4.78 is 13.5. The summed E-state index contributed by atoms with van der Waals surface area (Å²) in [7, 11) is 0. The number of benzene rings is 1. The molecule has 80 valence electrons. The predicted molar refractivity (Wildman–Crippen MR) is 59.7 cm³/mol. The van der Waals surface area contributed by atoms with Gasteiger partial charge in [-0.25, -0.2) is 4.39 Å². The number of rotatable bonds is 4. The Hall–Kier alpha value is -1.08. The number of hydrogen-bond donors (Lipinski definition) is 2. The van der Waals surface area contributed by atoms with E-state index in [1.54, 1.807) is 12.1 Å². The maximum Gasteiger partial charge on any atom is 0.145 e. The first-order chi connectivity index (χ1) is 7.19. The zero-order valence-electron chi connectivity index (χ0n) is 8.13. The van der Waals surface area contributed by atoms with E-state index in [-0.39, 0.29) is 11.1 Å². The normalized spacial score (nSPS) is 12.1. The van der Waals surface area contributed by atoms with Crippen molar-refractivity contribution in [3.8, 4) is 12.3 Å². The minimum Gasteiger partial charge on any atom is -0.271 e. The molecular weight excluding hydrogens is 215 g/mol. The lowest BCUT2D eigenvalue weighted by Gasteiger charge is -2.13. The quantitative estimate of drug-likeness (QED) is 0.467. The second-order valence-corrected chi connectivity index (χ2v) is 3.60. The van der Waals surface area contributed by atoms with Gasteiger partial charge in [-0.05, 0) is 18.1 Å². The van der Waals surface area contributed by atoms with E-state index in [1.165, 1.54) is 6.07 Å². The zero-order valence-corrected chi connectivity index (χ0v) is 8.89. The fourth-order valence-corrected chi connectivity index (χ4v) is 1.50. The van der Waals surface area contributed by atoms with E-state index in [9.17, 15) is 4.39 Å². The van der Waals surface area contributed by atoms with Crippen molar-refractivity contribution >= 4 is 11.6 Å². The Labute approximate surface area is 93.6 Å². The van der Waals surface area contributed by atoms with Gasteiger partial charge >= 0.3 is 0 Å². The maximum absolute atomic E-state index is 13.5. The molecule has 0 spiro atoms. The van der Waals surface area contributed by atoms with E-state index in [2.05, 4.69) is 11.3 Å². The highest BCUT2D eigenvalue weighted by atomic mass is 35.5. The average molecular weight is 227 g/mol. The van der Waals surface area contributed by atoms with E-state index in [1.807, 2.05) is 0 Å². The molecule has 0 fully saturated rings. The molecule has 0 aliphatic carbocycles. The van der Waals surface area contributed by atoms with Crippen LogP contribution in [0.25, 0.3) is 0 Å². The first-order valence-electron chi connectivity index (χ1n) is 4.51. The Balaban J connectivity index is 2.80. The molecule has 3 N–H and O–H groups in total. The lowest BCUT2D eigenvalue weighted by molar-refractivity contribution is 0.518. The van der Waals surface area contributed by atoms with Gasteiger partial charge in [0.2, 0.25) is 0 Å².